The molecule has 148 valence electrons. The number of ether oxygens (including phenoxy) is 1. The van der Waals surface area contributed by atoms with Crippen LogP contribution in [0.15, 0.2) is 57.0 Å². The zero-order valence-electron chi connectivity index (χ0n) is 16.4. The molecular weight excluding hydrogens is 388 g/mol. The van der Waals surface area contributed by atoms with Crippen molar-refractivity contribution in [3.63, 3.8) is 0 Å². The Kier molecular flexibility index (Phi) is 5.35. The summed E-state index contributed by atoms with van der Waals surface area (Å²) in [6.45, 7) is 6.14. The molecule has 0 saturated carbocycles. The monoisotopic (exact) mass is 408 g/mol. The van der Waals surface area contributed by atoms with Crippen molar-refractivity contribution in [2.24, 2.45) is 0 Å². The maximum Gasteiger partial charge on any atom is 0.277 e. The van der Waals surface area contributed by atoms with Gasteiger partial charge in [0.2, 0.25) is 0 Å². The van der Waals surface area contributed by atoms with Crippen LogP contribution in [0.25, 0.3) is 5.65 Å². The SMILES string of the molecule is Cc1ccc(C)c(OCc2nnc(SCc3cc(=O)n4cccc(C)c4n3)o2)c1. The molecule has 29 heavy (non-hydrogen) atoms. The third kappa shape index (κ3) is 4.32. The summed E-state index contributed by atoms with van der Waals surface area (Å²) in [6, 6.07) is 11.3. The summed E-state index contributed by atoms with van der Waals surface area (Å²) in [5.74, 6) is 1.66. The highest BCUT2D eigenvalue weighted by molar-refractivity contribution is 7.98. The van der Waals surface area contributed by atoms with Crippen LogP contribution in [0, 0.1) is 20.8 Å². The molecule has 8 heteroatoms. The normalized spacial score (nSPS) is 11.1. The Balaban J connectivity index is 1.42. The first kappa shape index (κ1) is 19.2. The minimum Gasteiger partial charge on any atom is -0.484 e. The number of aromatic nitrogens is 4. The molecule has 0 aliphatic heterocycles. The fourth-order valence-electron chi connectivity index (χ4n) is 2.88. The second kappa shape index (κ2) is 8.08. The van der Waals surface area contributed by atoms with E-state index in [0.29, 0.717) is 28.2 Å². The fourth-order valence-corrected chi connectivity index (χ4v) is 3.55. The minimum absolute atomic E-state index is 0.109. The van der Waals surface area contributed by atoms with Gasteiger partial charge in [0.15, 0.2) is 6.61 Å². The van der Waals surface area contributed by atoms with E-state index in [2.05, 4.69) is 15.2 Å². The first-order chi connectivity index (χ1) is 14.0. The van der Waals surface area contributed by atoms with E-state index in [1.54, 1.807) is 10.6 Å². The van der Waals surface area contributed by atoms with Crippen LogP contribution in [0.3, 0.4) is 0 Å². The van der Waals surface area contributed by atoms with Crippen LogP contribution in [-0.4, -0.2) is 19.6 Å². The number of hydrogen-bond donors (Lipinski definition) is 0. The fraction of sp³-hybridized carbons (Fsp3) is 0.238. The number of thioether (sulfide) groups is 1. The summed E-state index contributed by atoms with van der Waals surface area (Å²) in [5, 5.41) is 8.48. The maximum absolute atomic E-state index is 12.3. The van der Waals surface area contributed by atoms with Crippen LogP contribution in [0.5, 0.6) is 5.75 Å². The van der Waals surface area contributed by atoms with Gasteiger partial charge in [-0.25, -0.2) is 4.98 Å². The molecule has 0 N–H and O–H groups in total. The lowest BCUT2D eigenvalue weighted by atomic mass is 10.1. The van der Waals surface area contributed by atoms with Gasteiger partial charge in [-0.2, -0.15) is 0 Å². The number of pyridine rings is 1. The van der Waals surface area contributed by atoms with E-state index in [4.69, 9.17) is 9.15 Å². The topological polar surface area (TPSA) is 82.5 Å². The van der Waals surface area contributed by atoms with E-state index in [0.717, 1.165) is 22.4 Å². The predicted octanol–water partition coefficient (Wildman–Crippen LogP) is 3.87. The molecule has 0 bridgehead atoms. The molecule has 0 radical (unpaired) electrons. The summed E-state index contributed by atoms with van der Waals surface area (Å²) >= 11 is 1.34. The quantitative estimate of drug-likeness (QED) is 0.448. The van der Waals surface area contributed by atoms with Gasteiger partial charge in [0.1, 0.15) is 11.4 Å². The molecule has 0 atom stereocenters. The Morgan fingerprint density at radius 2 is 1.97 bits per heavy atom. The largest absolute Gasteiger partial charge is 0.484 e. The Labute approximate surface area is 171 Å². The lowest BCUT2D eigenvalue weighted by molar-refractivity contribution is 0.250. The van der Waals surface area contributed by atoms with Gasteiger partial charge < -0.3 is 9.15 Å². The molecule has 3 aromatic heterocycles. The van der Waals surface area contributed by atoms with Crippen molar-refractivity contribution in [2.45, 2.75) is 38.4 Å². The average Bonchev–Trinajstić information content (AvgIpc) is 3.16. The van der Waals surface area contributed by atoms with Crippen molar-refractivity contribution >= 4 is 17.4 Å². The first-order valence-electron chi connectivity index (χ1n) is 9.13. The molecule has 4 aromatic rings. The van der Waals surface area contributed by atoms with Crippen molar-refractivity contribution in [3.8, 4) is 5.75 Å². The first-order valence-corrected chi connectivity index (χ1v) is 10.1. The van der Waals surface area contributed by atoms with Gasteiger partial charge in [-0.3, -0.25) is 9.20 Å². The molecule has 0 unspecified atom stereocenters. The average molecular weight is 408 g/mol. The third-order valence-corrected chi connectivity index (χ3v) is 5.28. The van der Waals surface area contributed by atoms with Gasteiger partial charge in [-0.05, 0) is 49.6 Å². The molecule has 3 heterocycles. The van der Waals surface area contributed by atoms with Crippen molar-refractivity contribution in [1.29, 1.82) is 0 Å². The van der Waals surface area contributed by atoms with Gasteiger partial charge in [-0.15, -0.1) is 10.2 Å². The third-order valence-electron chi connectivity index (χ3n) is 4.43. The van der Waals surface area contributed by atoms with Crippen molar-refractivity contribution < 1.29 is 9.15 Å². The molecule has 0 saturated heterocycles. The highest BCUT2D eigenvalue weighted by Gasteiger charge is 2.11. The Bertz CT molecular complexity index is 1230. The van der Waals surface area contributed by atoms with Crippen LogP contribution in [0.4, 0.5) is 0 Å². The van der Waals surface area contributed by atoms with Crippen LogP contribution >= 0.6 is 11.8 Å². The van der Waals surface area contributed by atoms with Gasteiger partial charge in [0.05, 0.1) is 5.69 Å². The summed E-state index contributed by atoms with van der Waals surface area (Å²) in [7, 11) is 0. The summed E-state index contributed by atoms with van der Waals surface area (Å²) in [4.78, 5) is 16.9. The molecule has 4 rings (SSSR count). The molecule has 1 aromatic carbocycles. The van der Waals surface area contributed by atoms with Gasteiger partial charge >= 0.3 is 0 Å². The van der Waals surface area contributed by atoms with E-state index in [9.17, 15) is 4.79 Å². The van der Waals surface area contributed by atoms with E-state index < -0.39 is 0 Å². The highest BCUT2D eigenvalue weighted by atomic mass is 32.2. The standard InChI is InChI=1S/C21H20N4O3S/c1-13-6-7-14(2)17(9-13)27-11-18-23-24-21(28-18)29-12-16-10-19(26)25-8-4-5-15(3)20(25)22-16/h4-10H,11-12H2,1-3H3. The van der Waals surface area contributed by atoms with Crippen LogP contribution in [0.1, 0.15) is 28.3 Å². The van der Waals surface area contributed by atoms with Crippen molar-refractivity contribution in [3.05, 3.63) is 81.2 Å². The molecule has 0 spiro atoms. The van der Waals surface area contributed by atoms with Crippen LogP contribution < -0.4 is 10.3 Å². The summed E-state index contributed by atoms with van der Waals surface area (Å²) < 4.78 is 13.0. The number of nitrogens with zero attached hydrogens (tertiary/aromatic N) is 4. The number of hydrogen-bond acceptors (Lipinski definition) is 7. The molecule has 0 aliphatic rings. The minimum atomic E-state index is -0.109. The zero-order chi connectivity index (χ0) is 20.4. The van der Waals surface area contributed by atoms with Gasteiger partial charge in [0.25, 0.3) is 16.7 Å². The Morgan fingerprint density at radius 1 is 1.10 bits per heavy atom. The molecule has 0 fully saturated rings. The summed E-state index contributed by atoms with van der Waals surface area (Å²) in [6.07, 6.45) is 1.72. The van der Waals surface area contributed by atoms with Crippen molar-refractivity contribution in [1.82, 2.24) is 19.6 Å². The highest BCUT2D eigenvalue weighted by Crippen LogP contribution is 2.23. The lowest BCUT2D eigenvalue weighted by Gasteiger charge is -2.07. The molecule has 0 aliphatic carbocycles. The zero-order valence-corrected chi connectivity index (χ0v) is 17.2. The number of fused-ring (bicyclic) bond motifs is 1. The van der Waals surface area contributed by atoms with Gasteiger partial charge in [0, 0.05) is 18.0 Å². The second-order valence-corrected chi connectivity index (χ2v) is 7.71. The molecule has 0 amide bonds. The number of rotatable bonds is 6. The summed E-state index contributed by atoms with van der Waals surface area (Å²) in [5.41, 5.74) is 4.34. The maximum atomic E-state index is 12.3. The van der Waals surface area contributed by atoms with E-state index >= 15 is 0 Å². The van der Waals surface area contributed by atoms with Crippen LogP contribution in [-0.2, 0) is 12.4 Å². The van der Waals surface area contributed by atoms with Crippen LogP contribution in [0.2, 0.25) is 0 Å². The smallest absolute Gasteiger partial charge is 0.277 e. The second-order valence-electron chi connectivity index (χ2n) is 6.78. The number of benzene rings is 1. The Morgan fingerprint density at radius 3 is 2.83 bits per heavy atom. The molecule has 7 nitrogen and oxygen atoms in total. The van der Waals surface area contributed by atoms with Crippen molar-refractivity contribution in [2.75, 3.05) is 0 Å². The molecular formula is C21H20N4O3S. The predicted molar refractivity (Wildman–Crippen MR) is 110 cm³/mol. The van der Waals surface area contributed by atoms with E-state index in [1.807, 2.05) is 51.1 Å². The number of aryl methyl sites for hydroxylation is 3. The van der Waals surface area contributed by atoms with Gasteiger partial charge in [-0.1, -0.05) is 30.0 Å². The Hall–Kier alpha value is -3.13. The van der Waals surface area contributed by atoms with E-state index in [1.165, 1.54) is 17.8 Å². The lowest BCUT2D eigenvalue weighted by Crippen LogP contribution is -2.15. The van der Waals surface area contributed by atoms with E-state index in [-0.39, 0.29) is 12.2 Å².